The zero-order chi connectivity index (χ0) is 21.6. The SMILES string of the molecule is CC(C)S(=O)(=O)NC1CCC(C(=O)Nc2ccc(OCC3CCCCO3)cc2)CC1. The van der Waals surface area contributed by atoms with E-state index < -0.39 is 15.3 Å². The van der Waals surface area contributed by atoms with Crippen molar-refractivity contribution in [3.05, 3.63) is 24.3 Å². The maximum absolute atomic E-state index is 12.6. The highest BCUT2D eigenvalue weighted by Gasteiger charge is 2.29. The van der Waals surface area contributed by atoms with E-state index in [2.05, 4.69) is 10.0 Å². The van der Waals surface area contributed by atoms with Gasteiger partial charge in [0.25, 0.3) is 0 Å². The van der Waals surface area contributed by atoms with Crippen LogP contribution in [-0.2, 0) is 19.6 Å². The van der Waals surface area contributed by atoms with Crippen molar-refractivity contribution in [2.24, 2.45) is 5.92 Å². The molecule has 0 aromatic heterocycles. The third-order valence-corrected chi connectivity index (χ3v) is 7.78. The van der Waals surface area contributed by atoms with Crippen molar-refractivity contribution in [3.8, 4) is 5.75 Å². The maximum atomic E-state index is 12.6. The minimum absolute atomic E-state index is 0.00978. The van der Waals surface area contributed by atoms with E-state index in [4.69, 9.17) is 9.47 Å². The number of anilines is 1. The maximum Gasteiger partial charge on any atom is 0.227 e. The lowest BCUT2D eigenvalue weighted by Gasteiger charge is -2.28. The molecule has 1 aliphatic heterocycles. The molecule has 30 heavy (non-hydrogen) atoms. The van der Waals surface area contributed by atoms with Gasteiger partial charge in [0, 0.05) is 24.3 Å². The van der Waals surface area contributed by atoms with E-state index in [9.17, 15) is 13.2 Å². The van der Waals surface area contributed by atoms with Crippen LogP contribution in [0, 0.1) is 5.92 Å². The fraction of sp³-hybridized carbons (Fsp3) is 0.682. The molecule has 1 aliphatic carbocycles. The first-order valence-corrected chi connectivity index (χ1v) is 12.5. The molecule has 1 heterocycles. The van der Waals surface area contributed by atoms with E-state index >= 15 is 0 Å². The van der Waals surface area contributed by atoms with Gasteiger partial charge in [0.15, 0.2) is 0 Å². The topological polar surface area (TPSA) is 93.7 Å². The molecule has 2 N–H and O–H groups in total. The molecule has 2 aliphatic rings. The fourth-order valence-corrected chi connectivity index (χ4v) is 4.82. The van der Waals surface area contributed by atoms with E-state index in [1.165, 1.54) is 6.42 Å². The molecule has 1 saturated heterocycles. The Hall–Kier alpha value is -1.64. The minimum Gasteiger partial charge on any atom is -0.491 e. The van der Waals surface area contributed by atoms with E-state index in [0.717, 1.165) is 30.9 Å². The summed E-state index contributed by atoms with van der Waals surface area (Å²) < 4.78 is 38.3. The predicted octanol–water partition coefficient (Wildman–Crippen LogP) is 3.46. The van der Waals surface area contributed by atoms with Crippen LogP contribution in [-0.4, -0.2) is 44.9 Å². The van der Waals surface area contributed by atoms with Gasteiger partial charge >= 0.3 is 0 Å². The molecule has 1 unspecified atom stereocenters. The lowest BCUT2D eigenvalue weighted by Crippen LogP contribution is -2.42. The number of hydrogen-bond donors (Lipinski definition) is 2. The zero-order valence-corrected chi connectivity index (χ0v) is 18.7. The normalized spacial score (nSPS) is 25.1. The summed E-state index contributed by atoms with van der Waals surface area (Å²) in [6, 6.07) is 7.33. The van der Waals surface area contributed by atoms with Crippen LogP contribution in [0.15, 0.2) is 24.3 Å². The van der Waals surface area contributed by atoms with Gasteiger partial charge in [0.2, 0.25) is 15.9 Å². The Morgan fingerprint density at radius 2 is 1.80 bits per heavy atom. The van der Waals surface area contributed by atoms with Gasteiger partial charge in [-0.3, -0.25) is 4.79 Å². The number of benzene rings is 1. The van der Waals surface area contributed by atoms with Gasteiger partial charge in [-0.2, -0.15) is 0 Å². The molecule has 1 amide bonds. The molecule has 8 heteroatoms. The van der Waals surface area contributed by atoms with Crippen LogP contribution in [0.3, 0.4) is 0 Å². The van der Waals surface area contributed by atoms with Crippen molar-refractivity contribution in [1.82, 2.24) is 4.72 Å². The lowest BCUT2D eigenvalue weighted by molar-refractivity contribution is -0.120. The average Bonchev–Trinajstić information content (AvgIpc) is 2.74. The van der Waals surface area contributed by atoms with Gasteiger partial charge in [-0.05, 0) is 83.1 Å². The van der Waals surface area contributed by atoms with Crippen LogP contribution >= 0.6 is 0 Å². The van der Waals surface area contributed by atoms with Crippen LogP contribution in [0.5, 0.6) is 5.75 Å². The Morgan fingerprint density at radius 3 is 2.40 bits per heavy atom. The summed E-state index contributed by atoms with van der Waals surface area (Å²) in [6.07, 6.45) is 6.23. The van der Waals surface area contributed by atoms with E-state index in [-0.39, 0.29) is 24.0 Å². The first-order chi connectivity index (χ1) is 14.3. The first-order valence-electron chi connectivity index (χ1n) is 11.0. The van der Waals surface area contributed by atoms with Crippen molar-refractivity contribution < 1.29 is 22.7 Å². The Kier molecular flexibility index (Phi) is 8.13. The first kappa shape index (κ1) is 23.0. The summed E-state index contributed by atoms with van der Waals surface area (Å²) >= 11 is 0. The van der Waals surface area contributed by atoms with Gasteiger partial charge in [0.1, 0.15) is 12.4 Å². The molecule has 1 aromatic rings. The zero-order valence-electron chi connectivity index (χ0n) is 17.9. The number of amides is 1. The standard InChI is InChI=1S/C22H34N2O5S/c1-16(2)30(26,27)24-19-8-6-17(7-9-19)22(25)23-18-10-12-20(13-11-18)29-15-21-5-3-4-14-28-21/h10-13,16-17,19,21,24H,3-9,14-15H2,1-2H3,(H,23,25). The smallest absolute Gasteiger partial charge is 0.227 e. The summed E-state index contributed by atoms with van der Waals surface area (Å²) in [6.45, 7) is 4.70. The third-order valence-electron chi connectivity index (χ3n) is 5.88. The highest BCUT2D eigenvalue weighted by Crippen LogP contribution is 2.27. The van der Waals surface area contributed by atoms with E-state index in [1.54, 1.807) is 13.8 Å². The average molecular weight is 439 g/mol. The number of ether oxygens (including phenoxy) is 2. The molecule has 1 atom stereocenters. The highest BCUT2D eigenvalue weighted by molar-refractivity contribution is 7.90. The second kappa shape index (κ2) is 10.6. The molecule has 0 radical (unpaired) electrons. The van der Waals surface area contributed by atoms with E-state index in [0.29, 0.717) is 32.3 Å². The molecular weight excluding hydrogens is 404 g/mol. The van der Waals surface area contributed by atoms with Crippen molar-refractivity contribution in [1.29, 1.82) is 0 Å². The number of rotatable bonds is 8. The van der Waals surface area contributed by atoms with Crippen LogP contribution in [0.1, 0.15) is 58.8 Å². The van der Waals surface area contributed by atoms with Crippen LogP contribution < -0.4 is 14.8 Å². The van der Waals surface area contributed by atoms with Gasteiger partial charge in [-0.25, -0.2) is 13.1 Å². The van der Waals surface area contributed by atoms with Crippen LogP contribution in [0.2, 0.25) is 0 Å². The Balaban J connectivity index is 1.41. The summed E-state index contributed by atoms with van der Waals surface area (Å²) in [5.74, 6) is 0.661. The number of sulfonamides is 1. The molecule has 0 bridgehead atoms. The number of nitrogens with one attached hydrogen (secondary N) is 2. The van der Waals surface area contributed by atoms with Gasteiger partial charge in [0.05, 0.1) is 11.4 Å². The Bertz CT molecular complexity index is 780. The van der Waals surface area contributed by atoms with Crippen molar-refractivity contribution in [2.45, 2.75) is 76.2 Å². The molecule has 1 saturated carbocycles. The van der Waals surface area contributed by atoms with Crippen molar-refractivity contribution in [2.75, 3.05) is 18.5 Å². The minimum atomic E-state index is -3.27. The largest absolute Gasteiger partial charge is 0.491 e. The van der Waals surface area contributed by atoms with Gasteiger partial charge in [-0.1, -0.05) is 0 Å². The Morgan fingerprint density at radius 1 is 1.10 bits per heavy atom. The fourth-order valence-electron chi connectivity index (χ4n) is 3.85. The van der Waals surface area contributed by atoms with Crippen LogP contribution in [0.25, 0.3) is 0 Å². The summed E-state index contributed by atoms with van der Waals surface area (Å²) in [4.78, 5) is 12.6. The van der Waals surface area contributed by atoms with E-state index in [1.807, 2.05) is 24.3 Å². The molecule has 0 spiro atoms. The highest BCUT2D eigenvalue weighted by atomic mass is 32.2. The van der Waals surface area contributed by atoms with Crippen LogP contribution in [0.4, 0.5) is 5.69 Å². The van der Waals surface area contributed by atoms with Crippen molar-refractivity contribution in [3.63, 3.8) is 0 Å². The van der Waals surface area contributed by atoms with Crippen molar-refractivity contribution >= 4 is 21.6 Å². The summed E-state index contributed by atoms with van der Waals surface area (Å²) in [7, 11) is -3.27. The second-order valence-electron chi connectivity index (χ2n) is 8.57. The predicted molar refractivity (Wildman–Crippen MR) is 117 cm³/mol. The molecule has 168 valence electrons. The van der Waals surface area contributed by atoms with Gasteiger partial charge < -0.3 is 14.8 Å². The molecule has 3 rings (SSSR count). The number of carbonyl (C=O) groups is 1. The number of carbonyl (C=O) groups excluding carboxylic acids is 1. The molecule has 1 aromatic carbocycles. The van der Waals surface area contributed by atoms with Gasteiger partial charge in [-0.15, -0.1) is 0 Å². The monoisotopic (exact) mass is 438 g/mol. The molecule has 2 fully saturated rings. The summed E-state index contributed by atoms with van der Waals surface area (Å²) in [5.41, 5.74) is 0.740. The quantitative estimate of drug-likeness (QED) is 0.648. The summed E-state index contributed by atoms with van der Waals surface area (Å²) in [5, 5.41) is 2.52. The number of hydrogen-bond acceptors (Lipinski definition) is 5. The second-order valence-corrected chi connectivity index (χ2v) is 10.8. The third kappa shape index (κ3) is 6.68. The Labute approximate surface area is 180 Å². The molecular formula is C22H34N2O5S. The molecule has 7 nitrogen and oxygen atoms in total. The lowest BCUT2D eigenvalue weighted by atomic mass is 9.86.